The molecule has 0 saturated carbocycles. The molecule has 1 saturated heterocycles. The van der Waals surface area contributed by atoms with Crippen molar-refractivity contribution in [2.75, 3.05) is 6.61 Å². The predicted octanol–water partition coefficient (Wildman–Crippen LogP) is 0.861. The molecule has 0 aromatic heterocycles. The molecular formula is C19H22O9S2. The summed E-state index contributed by atoms with van der Waals surface area (Å²) in [6, 6.07) is 11.4. The highest BCUT2D eigenvalue weighted by Gasteiger charge is 2.46. The van der Waals surface area contributed by atoms with Crippen LogP contribution in [0.4, 0.5) is 0 Å². The summed E-state index contributed by atoms with van der Waals surface area (Å²) in [5.74, 6) is 0. The zero-order valence-electron chi connectivity index (χ0n) is 16.2. The van der Waals surface area contributed by atoms with Gasteiger partial charge in [0.1, 0.15) is 12.2 Å². The molecule has 1 aliphatic rings. The van der Waals surface area contributed by atoms with Crippen LogP contribution in [-0.4, -0.2) is 58.3 Å². The lowest BCUT2D eigenvalue weighted by atomic mass is 10.1. The fraction of sp³-hybridized carbons (Fsp3) is 0.368. The molecule has 11 heteroatoms. The summed E-state index contributed by atoms with van der Waals surface area (Å²) in [6.45, 7) is 3.07. The van der Waals surface area contributed by atoms with Crippen molar-refractivity contribution in [1.82, 2.24) is 0 Å². The molecule has 1 heterocycles. The third-order valence-electron chi connectivity index (χ3n) is 4.52. The van der Waals surface area contributed by atoms with Crippen LogP contribution >= 0.6 is 0 Å². The number of hydrogen-bond donors (Lipinski definition) is 2. The molecule has 2 aromatic rings. The molecule has 164 valence electrons. The lowest BCUT2D eigenvalue weighted by Crippen LogP contribution is -2.56. The standard InChI is InChI=1S/C19H22O9S2/c1-12-3-7-14(8-4-12)29(22,23)27-17-16(20)11-26-19(21)18(17)28-30(24,25)15-9-5-13(2)6-10-15/h3-10,16-21H,11H2,1-2H3/t16-,17+,18+,19-/m0/s1. The van der Waals surface area contributed by atoms with Gasteiger partial charge >= 0.3 is 0 Å². The van der Waals surface area contributed by atoms with E-state index < -0.39 is 51.4 Å². The molecule has 2 N–H and O–H groups in total. The first-order valence-corrected chi connectivity index (χ1v) is 11.8. The van der Waals surface area contributed by atoms with Crippen molar-refractivity contribution in [2.24, 2.45) is 0 Å². The minimum absolute atomic E-state index is 0.193. The molecule has 3 rings (SSSR count). The normalized spacial score (nSPS) is 25.2. The quantitative estimate of drug-likeness (QED) is 0.604. The average Bonchev–Trinajstić information content (AvgIpc) is 2.68. The van der Waals surface area contributed by atoms with Crippen LogP contribution < -0.4 is 0 Å². The number of benzene rings is 2. The molecule has 0 bridgehead atoms. The number of aryl methyl sites for hydroxylation is 2. The van der Waals surface area contributed by atoms with Gasteiger partial charge in [-0.3, -0.25) is 8.37 Å². The van der Waals surface area contributed by atoms with Crippen molar-refractivity contribution < 1.29 is 40.2 Å². The first kappa shape index (κ1) is 22.8. The monoisotopic (exact) mass is 458 g/mol. The smallest absolute Gasteiger partial charge is 0.297 e. The molecular weight excluding hydrogens is 436 g/mol. The van der Waals surface area contributed by atoms with E-state index in [-0.39, 0.29) is 9.79 Å². The SMILES string of the molecule is Cc1ccc(S(=O)(=O)O[C@@H]2[C@H](OS(=O)(=O)c3ccc(C)cc3)[C@@H](O)CO[C@@H]2O)cc1. The van der Waals surface area contributed by atoms with E-state index in [1.807, 2.05) is 0 Å². The Balaban J connectivity index is 1.89. The van der Waals surface area contributed by atoms with Gasteiger partial charge < -0.3 is 14.9 Å². The van der Waals surface area contributed by atoms with Crippen LogP contribution in [0.1, 0.15) is 11.1 Å². The van der Waals surface area contributed by atoms with Gasteiger partial charge in [0.15, 0.2) is 12.4 Å². The number of ether oxygens (including phenoxy) is 1. The second-order valence-corrected chi connectivity index (χ2v) is 10.1. The van der Waals surface area contributed by atoms with Crippen molar-refractivity contribution in [1.29, 1.82) is 0 Å². The van der Waals surface area contributed by atoms with Gasteiger partial charge in [-0.25, -0.2) is 0 Å². The largest absolute Gasteiger partial charge is 0.388 e. The minimum Gasteiger partial charge on any atom is -0.388 e. The molecule has 9 nitrogen and oxygen atoms in total. The topological polar surface area (TPSA) is 136 Å². The lowest BCUT2D eigenvalue weighted by molar-refractivity contribution is -0.238. The van der Waals surface area contributed by atoms with E-state index in [0.29, 0.717) is 0 Å². The maximum Gasteiger partial charge on any atom is 0.297 e. The third-order valence-corrected chi connectivity index (χ3v) is 7.17. The van der Waals surface area contributed by atoms with E-state index in [1.54, 1.807) is 38.1 Å². The van der Waals surface area contributed by atoms with Crippen LogP contribution in [0, 0.1) is 13.8 Å². The van der Waals surface area contributed by atoms with Crippen LogP contribution in [0.25, 0.3) is 0 Å². The van der Waals surface area contributed by atoms with Gasteiger partial charge in [-0.05, 0) is 38.1 Å². The first-order chi connectivity index (χ1) is 14.0. The molecule has 2 aromatic carbocycles. The number of hydrogen-bond acceptors (Lipinski definition) is 9. The van der Waals surface area contributed by atoms with Crippen molar-refractivity contribution >= 4 is 20.2 Å². The first-order valence-electron chi connectivity index (χ1n) is 8.97. The minimum atomic E-state index is -4.42. The average molecular weight is 459 g/mol. The molecule has 0 spiro atoms. The van der Waals surface area contributed by atoms with Crippen LogP contribution in [0.2, 0.25) is 0 Å². The van der Waals surface area contributed by atoms with Crippen LogP contribution in [0.3, 0.4) is 0 Å². The maximum atomic E-state index is 12.6. The van der Waals surface area contributed by atoms with Gasteiger partial charge in [0.25, 0.3) is 20.2 Å². The molecule has 4 atom stereocenters. The Bertz CT molecular complexity index is 988. The number of aliphatic hydroxyl groups is 2. The van der Waals surface area contributed by atoms with E-state index in [9.17, 15) is 27.0 Å². The molecule has 0 radical (unpaired) electrons. The highest BCUT2D eigenvalue weighted by atomic mass is 32.2. The summed E-state index contributed by atoms with van der Waals surface area (Å²) in [5.41, 5.74) is 1.64. The molecule has 0 amide bonds. The maximum absolute atomic E-state index is 12.6. The second-order valence-electron chi connectivity index (χ2n) is 6.95. The van der Waals surface area contributed by atoms with Gasteiger partial charge in [-0.15, -0.1) is 0 Å². The van der Waals surface area contributed by atoms with E-state index in [4.69, 9.17) is 13.1 Å². The number of rotatable bonds is 6. The summed E-state index contributed by atoms with van der Waals surface area (Å²) in [6.07, 6.45) is -6.95. The zero-order valence-corrected chi connectivity index (χ0v) is 17.8. The summed E-state index contributed by atoms with van der Waals surface area (Å²) in [7, 11) is -8.81. The van der Waals surface area contributed by atoms with Crippen LogP contribution in [0.15, 0.2) is 58.3 Å². The van der Waals surface area contributed by atoms with Crippen molar-refractivity contribution in [2.45, 2.75) is 48.2 Å². The van der Waals surface area contributed by atoms with Gasteiger partial charge in [0, 0.05) is 0 Å². The summed E-state index contributed by atoms with van der Waals surface area (Å²) in [4.78, 5) is -0.401. The molecule has 1 aliphatic heterocycles. The summed E-state index contributed by atoms with van der Waals surface area (Å²) >= 11 is 0. The van der Waals surface area contributed by atoms with Gasteiger partial charge in [-0.1, -0.05) is 35.4 Å². The van der Waals surface area contributed by atoms with E-state index in [0.717, 1.165) is 11.1 Å². The Kier molecular flexibility index (Phi) is 6.63. The summed E-state index contributed by atoms with van der Waals surface area (Å²) in [5, 5.41) is 20.3. The fourth-order valence-electron chi connectivity index (χ4n) is 2.80. The highest BCUT2D eigenvalue weighted by Crippen LogP contribution is 2.28. The highest BCUT2D eigenvalue weighted by molar-refractivity contribution is 7.87. The van der Waals surface area contributed by atoms with E-state index in [2.05, 4.69) is 0 Å². The third kappa shape index (κ3) is 5.06. The summed E-state index contributed by atoms with van der Waals surface area (Å²) < 4.78 is 65.5. The fourth-order valence-corrected chi connectivity index (χ4v) is 4.99. The predicted molar refractivity (Wildman–Crippen MR) is 104 cm³/mol. The van der Waals surface area contributed by atoms with Gasteiger partial charge in [-0.2, -0.15) is 16.8 Å². The second kappa shape index (κ2) is 8.71. The Morgan fingerprint density at radius 1 is 0.767 bits per heavy atom. The Morgan fingerprint density at radius 2 is 1.17 bits per heavy atom. The van der Waals surface area contributed by atoms with E-state index >= 15 is 0 Å². The zero-order chi connectivity index (χ0) is 22.1. The molecule has 0 unspecified atom stereocenters. The lowest BCUT2D eigenvalue weighted by Gasteiger charge is -2.36. The number of aliphatic hydroxyl groups excluding tert-OH is 2. The molecule has 0 aliphatic carbocycles. The Morgan fingerprint density at radius 3 is 1.60 bits per heavy atom. The van der Waals surface area contributed by atoms with Crippen molar-refractivity contribution in [3.63, 3.8) is 0 Å². The Labute approximate surface area is 175 Å². The molecule has 30 heavy (non-hydrogen) atoms. The molecule has 1 fully saturated rings. The van der Waals surface area contributed by atoms with Gasteiger partial charge in [0.05, 0.1) is 16.4 Å². The van der Waals surface area contributed by atoms with Crippen molar-refractivity contribution in [3.8, 4) is 0 Å². The van der Waals surface area contributed by atoms with E-state index in [1.165, 1.54) is 24.3 Å². The van der Waals surface area contributed by atoms with Crippen LogP contribution in [0.5, 0.6) is 0 Å². The van der Waals surface area contributed by atoms with Crippen molar-refractivity contribution in [3.05, 3.63) is 59.7 Å². The van der Waals surface area contributed by atoms with Crippen LogP contribution in [-0.2, 0) is 33.3 Å². The Hall–Kier alpha value is -1.86. The van der Waals surface area contributed by atoms with Gasteiger partial charge in [0.2, 0.25) is 0 Å².